The van der Waals surface area contributed by atoms with Gasteiger partial charge >= 0.3 is 5.69 Å². The molecular formula is C17H13Cl2N5O3S. The predicted molar refractivity (Wildman–Crippen MR) is 112 cm³/mol. The third kappa shape index (κ3) is 5.10. The van der Waals surface area contributed by atoms with Gasteiger partial charge in [-0.3, -0.25) is 15.5 Å². The first-order chi connectivity index (χ1) is 13.4. The van der Waals surface area contributed by atoms with E-state index in [0.29, 0.717) is 26.6 Å². The fraction of sp³-hybridized carbons (Fsp3) is 0.0588. The summed E-state index contributed by atoms with van der Waals surface area (Å²) in [4.78, 5) is 14.9. The summed E-state index contributed by atoms with van der Waals surface area (Å²) in [7, 11) is 0. The summed E-state index contributed by atoms with van der Waals surface area (Å²) in [5.74, 6) is 0.524. The Labute approximate surface area is 173 Å². The Morgan fingerprint density at radius 2 is 2.11 bits per heavy atom. The molecule has 2 aromatic carbocycles. The summed E-state index contributed by atoms with van der Waals surface area (Å²) >= 11 is 13.1. The molecule has 11 heteroatoms. The molecule has 0 aliphatic heterocycles. The number of halogens is 2. The van der Waals surface area contributed by atoms with Crippen LogP contribution in [-0.2, 0) is 6.61 Å². The highest BCUT2D eigenvalue weighted by Gasteiger charge is 2.16. The van der Waals surface area contributed by atoms with E-state index in [4.69, 9.17) is 33.7 Å². The molecule has 0 amide bonds. The topological polar surface area (TPSA) is 116 Å². The number of aromatic nitrogens is 1. The standard InChI is InChI=1S/C17H13Cl2N5O3S/c18-12-3-1-11(5-13(12)19)8-27-15-4-2-10(6-14(15)24(25)26)7-21-23-17-22-16(20)9-28-17/h1-7,9H,8,20H2,(H,22,23). The average Bonchev–Trinajstić information content (AvgIpc) is 3.08. The van der Waals surface area contributed by atoms with Crippen molar-refractivity contribution < 1.29 is 9.66 Å². The van der Waals surface area contributed by atoms with Gasteiger partial charge in [0.2, 0.25) is 5.13 Å². The van der Waals surface area contributed by atoms with Crippen LogP contribution in [0.1, 0.15) is 11.1 Å². The van der Waals surface area contributed by atoms with Gasteiger partial charge in [-0.15, -0.1) is 11.3 Å². The van der Waals surface area contributed by atoms with Gasteiger partial charge in [-0.2, -0.15) is 5.10 Å². The molecule has 144 valence electrons. The number of nitro groups is 1. The maximum Gasteiger partial charge on any atom is 0.311 e. The normalized spacial score (nSPS) is 10.9. The molecule has 0 atom stereocenters. The summed E-state index contributed by atoms with van der Waals surface area (Å²) in [5.41, 5.74) is 9.31. The van der Waals surface area contributed by atoms with Crippen molar-refractivity contribution in [3.63, 3.8) is 0 Å². The average molecular weight is 438 g/mol. The zero-order chi connectivity index (χ0) is 20.1. The van der Waals surface area contributed by atoms with Gasteiger partial charge in [-0.1, -0.05) is 29.3 Å². The quantitative estimate of drug-likeness (QED) is 0.306. The van der Waals surface area contributed by atoms with Crippen molar-refractivity contribution in [2.45, 2.75) is 6.61 Å². The van der Waals surface area contributed by atoms with E-state index in [2.05, 4.69) is 15.5 Å². The van der Waals surface area contributed by atoms with Crippen LogP contribution >= 0.6 is 34.5 Å². The molecule has 0 unspecified atom stereocenters. The molecule has 0 saturated carbocycles. The summed E-state index contributed by atoms with van der Waals surface area (Å²) in [6, 6.07) is 9.55. The van der Waals surface area contributed by atoms with E-state index < -0.39 is 4.92 Å². The number of hydrazone groups is 1. The maximum atomic E-state index is 11.4. The minimum absolute atomic E-state index is 0.109. The molecule has 3 aromatic rings. The highest BCUT2D eigenvalue weighted by molar-refractivity contribution is 7.14. The molecule has 0 saturated heterocycles. The van der Waals surface area contributed by atoms with Crippen LogP contribution in [0, 0.1) is 10.1 Å². The van der Waals surface area contributed by atoms with Crippen molar-refractivity contribution >= 4 is 57.4 Å². The van der Waals surface area contributed by atoms with Gasteiger partial charge in [0.1, 0.15) is 12.4 Å². The molecule has 3 N–H and O–H groups in total. The number of nitrogens with zero attached hydrogens (tertiary/aromatic N) is 3. The van der Waals surface area contributed by atoms with Crippen LogP contribution in [-0.4, -0.2) is 16.1 Å². The van der Waals surface area contributed by atoms with Gasteiger partial charge in [0, 0.05) is 17.0 Å². The second-order valence-corrected chi connectivity index (χ2v) is 7.14. The lowest BCUT2D eigenvalue weighted by Crippen LogP contribution is -2.00. The molecule has 28 heavy (non-hydrogen) atoms. The minimum Gasteiger partial charge on any atom is -0.482 e. The molecule has 1 heterocycles. The van der Waals surface area contributed by atoms with Crippen LogP contribution in [0.4, 0.5) is 16.6 Å². The first-order valence-corrected chi connectivity index (χ1v) is 9.41. The molecule has 0 radical (unpaired) electrons. The number of benzene rings is 2. The van der Waals surface area contributed by atoms with Gasteiger partial charge < -0.3 is 10.5 Å². The van der Waals surface area contributed by atoms with Crippen LogP contribution in [0.2, 0.25) is 10.0 Å². The minimum atomic E-state index is -0.517. The van der Waals surface area contributed by atoms with Crippen LogP contribution < -0.4 is 15.9 Å². The number of anilines is 2. The first kappa shape index (κ1) is 19.9. The molecule has 3 rings (SSSR count). The van der Waals surface area contributed by atoms with Gasteiger partial charge in [-0.25, -0.2) is 4.98 Å². The third-order valence-corrected chi connectivity index (χ3v) is 4.96. The van der Waals surface area contributed by atoms with Crippen molar-refractivity contribution in [3.8, 4) is 5.75 Å². The maximum absolute atomic E-state index is 11.4. The fourth-order valence-electron chi connectivity index (χ4n) is 2.17. The Bertz CT molecular complexity index is 1040. The number of nitro benzene ring substituents is 1. The van der Waals surface area contributed by atoms with E-state index in [9.17, 15) is 10.1 Å². The number of hydrogen-bond donors (Lipinski definition) is 2. The Morgan fingerprint density at radius 3 is 2.79 bits per heavy atom. The Morgan fingerprint density at radius 1 is 1.29 bits per heavy atom. The summed E-state index contributed by atoms with van der Waals surface area (Å²) < 4.78 is 5.59. The van der Waals surface area contributed by atoms with Crippen LogP contribution in [0.15, 0.2) is 46.9 Å². The van der Waals surface area contributed by atoms with Gasteiger partial charge in [0.25, 0.3) is 0 Å². The number of nitrogen functional groups attached to an aromatic ring is 1. The summed E-state index contributed by atoms with van der Waals surface area (Å²) in [5, 5.41) is 18.4. The van der Waals surface area contributed by atoms with E-state index in [0.717, 1.165) is 5.56 Å². The zero-order valence-corrected chi connectivity index (χ0v) is 16.5. The van der Waals surface area contributed by atoms with Crippen molar-refractivity contribution in [2.24, 2.45) is 5.10 Å². The molecule has 0 spiro atoms. The molecule has 8 nitrogen and oxygen atoms in total. The number of hydrogen-bond acceptors (Lipinski definition) is 8. The van der Waals surface area contributed by atoms with E-state index in [1.807, 2.05) is 0 Å². The Balaban J connectivity index is 1.71. The van der Waals surface area contributed by atoms with Crippen molar-refractivity contribution in [1.82, 2.24) is 4.98 Å². The fourth-order valence-corrected chi connectivity index (χ4v) is 3.04. The summed E-state index contributed by atoms with van der Waals surface area (Å²) in [6.45, 7) is 0.109. The molecule has 0 fully saturated rings. The predicted octanol–water partition coefficient (Wildman–Crippen LogP) is 4.97. The Kier molecular flexibility index (Phi) is 6.30. The first-order valence-electron chi connectivity index (χ1n) is 7.77. The largest absolute Gasteiger partial charge is 0.482 e. The lowest BCUT2D eigenvalue weighted by atomic mass is 10.2. The second kappa shape index (κ2) is 8.87. The lowest BCUT2D eigenvalue weighted by molar-refractivity contribution is -0.385. The number of nitrogens with one attached hydrogen (secondary N) is 1. The SMILES string of the molecule is Nc1csc(NN=Cc2ccc(OCc3ccc(Cl)c(Cl)c3)c([N+](=O)[O-])c2)n1. The number of ether oxygens (including phenoxy) is 1. The lowest BCUT2D eigenvalue weighted by Gasteiger charge is -2.08. The highest BCUT2D eigenvalue weighted by Crippen LogP contribution is 2.29. The van der Waals surface area contributed by atoms with Crippen molar-refractivity contribution in [1.29, 1.82) is 0 Å². The van der Waals surface area contributed by atoms with E-state index in [1.54, 1.807) is 29.6 Å². The molecule has 0 aliphatic rings. The third-order valence-electron chi connectivity index (χ3n) is 3.45. The molecule has 0 bridgehead atoms. The summed E-state index contributed by atoms with van der Waals surface area (Å²) in [6.07, 6.45) is 1.44. The van der Waals surface area contributed by atoms with Crippen molar-refractivity contribution in [2.75, 3.05) is 11.2 Å². The number of thiazole rings is 1. The van der Waals surface area contributed by atoms with E-state index in [-0.39, 0.29) is 18.0 Å². The number of nitrogens with two attached hydrogens (primary N) is 1. The van der Waals surface area contributed by atoms with Crippen LogP contribution in [0.3, 0.4) is 0 Å². The van der Waals surface area contributed by atoms with E-state index >= 15 is 0 Å². The van der Waals surface area contributed by atoms with Gasteiger partial charge in [-0.05, 0) is 29.8 Å². The molecule has 0 aliphatic carbocycles. The highest BCUT2D eigenvalue weighted by atomic mass is 35.5. The van der Waals surface area contributed by atoms with Gasteiger partial charge in [0.15, 0.2) is 5.75 Å². The smallest absolute Gasteiger partial charge is 0.311 e. The molecule has 1 aromatic heterocycles. The second-order valence-electron chi connectivity index (χ2n) is 5.47. The Hall–Kier alpha value is -2.88. The molecular weight excluding hydrogens is 425 g/mol. The van der Waals surface area contributed by atoms with Crippen molar-refractivity contribution in [3.05, 3.63) is 73.1 Å². The van der Waals surface area contributed by atoms with E-state index in [1.165, 1.54) is 29.7 Å². The van der Waals surface area contributed by atoms with Gasteiger partial charge in [0.05, 0.1) is 21.2 Å². The zero-order valence-electron chi connectivity index (χ0n) is 14.1. The number of rotatable bonds is 7. The van der Waals surface area contributed by atoms with Crippen LogP contribution in [0.5, 0.6) is 5.75 Å². The monoisotopic (exact) mass is 437 g/mol. The van der Waals surface area contributed by atoms with Crippen LogP contribution in [0.25, 0.3) is 0 Å².